The third-order valence-corrected chi connectivity index (χ3v) is 3.46. The van der Waals surface area contributed by atoms with E-state index in [2.05, 4.69) is 15.2 Å². The fourth-order valence-corrected chi connectivity index (χ4v) is 2.27. The number of aromatic amines is 1. The number of benzene rings is 1. The van der Waals surface area contributed by atoms with Crippen LogP contribution in [0.2, 0.25) is 0 Å². The molecule has 0 aliphatic carbocycles. The van der Waals surface area contributed by atoms with Gasteiger partial charge in [0.25, 0.3) is 5.91 Å². The van der Waals surface area contributed by atoms with Gasteiger partial charge in [0.05, 0.1) is 0 Å². The van der Waals surface area contributed by atoms with E-state index in [9.17, 15) is 9.59 Å². The van der Waals surface area contributed by atoms with Crippen LogP contribution in [0.15, 0.2) is 42.6 Å². The molecule has 0 bridgehead atoms. The van der Waals surface area contributed by atoms with Crippen LogP contribution in [-0.4, -0.2) is 36.3 Å². The first kappa shape index (κ1) is 15.8. The van der Waals surface area contributed by atoms with Gasteiger partial charge in [0.2, 0.25) is 0 Å². The van der Waals surface area contributed by atoms with Crippen molar-refractivity contribution in [3.8, 4) is 0 Å². The molecule has 22 heavy (non-hydrogen) atoms. The number of ketones is 1. The highest BCUT2D eigenvalue weighted by Gasteiger charge is 2.14. The van der Waals surface area contributed by atoms with E-state index in [1.54, 1.807) is 12.3 Å². The fourth-order valence-electron chi connectivity index (χ4n) is 2.27. The zero-order chi connectivity index (χ0) is 16.1. The predicted octanol–water partition coefficient (Wildman–Crippen LogP) is 2.47. The molecule has 0 fully saturated rings. The monoisotopic (exact) mass is 299 g/mol. The van der Waals surface area contributed by atoms with Crippen LogP contribution in [0.4, 0.5) is 5.69 Å². The number of amides is 1. The number of carbonyl (C=O) groups excluding carboxylic acids is 2. The number of nitrogens with zero attached hydrogens (tertiary/aromatic N) is 1. The van der Waals surface area contributed by atoms with Gasteiger partial charge in [0, 0.05) is 37.1 Å². The van der Waals surface area contributed by atoms with E-state index in [0.717, 1.165) is 5.69 Å². The molecule has 5 nitrogen and oxygen atoms in total. The third-order valence-electron chi connectivity index (χ3n) is 3.46. The van der Waals surface area contributed by atoms with Gasteiger partial charge in [0.15, 0.2) is 5.78 Å². The number of likely N-dealkylation sites (N-methyl/N-ethyl adjacent to an activating group) is 1. The van der Waals surface area contributed by atoms with E-state index >= 15 is 0 Å². The molecule has 0 saturated carbocycles. The molecule has 0 aliphatic heterocycles. The number of Topliss-reactive ketones (excluding diaryl/α,β-unsaturated/α-hetero) is 1. The summed E-state index contributed by atoms with van der Waals surface area (Å²) in [4.78, 5) is 28.3. The minimum Gasteiger partial charge on any atom is -0.373 e. The Labute approximate surface area is 130 Å². The molecule has 5 heteroatoms. The highest BCUT2D eigenvalue weighted by atomic mass is 16.2. The number of rotatable bonds is 6. The second-order valence-corrected chi connectivity index (χ2v) is 5.45. The Morgan fingerprint density at radius 3 is 2.55 bits per heavy atom. The molecule has 0 spiro atoms. The molecular formula is C17H21N3O2. The summed E-state index contributed by atoms with van der Waals surface area (Å²) in [7, 11) is 1.99. The van der Waals surface area contributed by atoms with Crippen molar-refractivity contribution in [3.63, 3.8) is 0 Å². The first-order valence-corrected chi connectivity index (χ1v) is 7.23. The number of carbonyl (C=O) groups is 2. The molecule has 1 atom stereocenters. The predicted molar refractivity (Wildman–Crippen MR) is 87.4 cm³/mol. The van der Waals surface area contributed by atoms with Crippen LogP contribution in [0.25, 0.3) is 0 Å². The number of anilines is 1. The van der Waals surface area contributed by atoms with Gasteiger partial charge in [0.1, 0.15) is 5.69 Å². The van der Waals surface area contributed by atoms with E-state index in [4.69, 9.17) is 0 Å². The maximum absolute atomic E-state index is 12.1. The van der Waals surface area contributed by atoms with E-state index in [0.29, 0.717) is 17.8 Å². The van der Waals surface area contributed by atoms with E-state index < -0.39 is 0 Å². The van der Waals surface area contributed by atoms with E-state index in [1.807, 2.05) is 44.3 Å². The topological polar surface area (TPSA) is 65.2 Å². The van der Waals surface area contributed by atoms with Crippen LogP contribution < -0.4 is 10.2 Å². The van der Waals surface area contributed by atoms with Crippen molar-refractivity contribution in [1.29, 1.82) is 0 Å². The zero-order valence-electron chi connectivity index (χ0n) is 13.1. The van der Waals surface area contributed by atoms with Gasteiger partial charge < -0.3 is 15.2 Å². The molecule has 1 aromatic carbocycles. The largest absolute Gasteiger partial charge is 0.373 e. The molecular weight excluding hydrogens is 278 g/mol. The van der Waals surface area contributed by atoms with Crippen LogP contribution in [-0.2, 0) is 0 Å². The van der Waals surface area contributed by atoms with Gasteiger partial charge in [-0.25, -0.2) is 0 Å². The summed E-state index contributed by atoms with van der Waals surface area (Å²) < 4.78 is 0. The maximum Gasteiger partial charge on any atom is 0.267 e. The van der Waals surface area contributed by atoms with Crippen molar-refractivity contribution in [2.24, 2.45) is 0 Å². The number of hydrogen-bond donors (Lipinski definition) is 2. The number of nitrogens with one attached hydrogen (secondary N) is 2. The fraction of sp³-hybridized carbons (Fsp3) is 0.294. The molecule has 2 N–H and O–H groups in total. The number of H-pyrrole nitrogens is 1. The summed E-state index contributed by atoms with van der Waals surface area (Å²) in [5, 5.41) is 2.93. The Balaban J connectivity index is 1.92. The SMILES string of the molecule is CC(=O)c1c[nH]c(C(=O)N[C@@H](C)CN(C)c2ccccc2)c1. The second kappa shape index (κ2) is 6.93. The van der Waals surface area contributed by atoms with Crippen LogP contribution in [0.1, 0.15) is 34.7 Å². The average molecular weight is 299 g/mol. The quantitative estimate of drug-likeness (QED) is 0.805. The first-order chi connectivity index (χ1) is 10.5. The van der Waals surface area contributed by atoms with Crippen LogP contribution >= 0.6 is 0 Å². The van der Waals surface area contributed by atoms with Crippen LogP contribution in [0, 0.1) is 0 Å². The zero-order valence-corrected chi connectivity index (χ0v) is 13.1. The lowest BCUT2D eigenvalue weighted by molar-refractivity contribution is 0.0936. The Morgan fingerprint density at radius 1 is 1.27 bits per heavy atom. The molecule has 0 aliphatic rings. The third kappa shape index (κ3) is 3.97. The highest BCUT2D eigenvalue weighted by molar-refractivity contribution is 5.99. The average Bonchev–Trinajstić information content (AvgIpc) is 2.98. The first-order valence-electron chi connectivity index (χ1n) is 7.23. The summed E-state index contributed by atoms with van der Waals surface area (Å²) in [5.74, 6) is -0.270. The van der Waals surface area contributed by atoms with Crippen molar-refractivity contribution in [2.75, 3.05) is 18.5 Å². The van der Waals surface area contributed by atoms with Gasteiger partial charge >= 0.3 is 0 Å². The van der Waals surface area contributed by atoms with Crippen LogP contribution in [0.3, 0.4) is 0 Å². The lowest BCUT2D eigenvalue weighted by atomic mass is 10.2. The lowest BCUT2D eigenvalue weighted by Crippen LogP contribution is -2.40. The van der Waals surface area contributed by atoms with Gasteiger partial charge in [-0.1, -0.05) is 18.2 Å². The Bertz CT molecular complexity index is 649. The lowest BCUT2D eigenvalue weighted by Gasteiger charge is -2.24. The van der Waals surface area contributed by atoms with Crippen molar-refractivity contribution < 1.29 is 9.59 Å². The van der Waals surface area contributed by atoms with Crippen molar-refractivity contribution in [3.05, 3.63) is 53.9 Å². The summed E-state index contributed by atoms with van der Waals surface area (Å²) in [6.07, 6.45) is 1.55. The summed E-state index contributed by atoms with van der Waals surface area (Å²) in [6.45, 7) is 4.12. The maximum atomic E-state index is 12.1. The highest BCUT2D eigenvalue weighted by Crippen LogP contribution is 2.11. The van der Waals surface area contributed by atoms with Crippen molar-refractivity contribution in [1.82, 2.24) is 10.3 Å². The summed E-state index contributed by atoms with van der Waals surface area (Å²) in [5.41, 5.74) is 2.01. The Kier molecular flexibility index (Phi) is 4.99. The summed E-state index contributed by atoms with van der Waals surface area (Å²) >= 11 is 0. The normalized spacial score (nSPS) is 11.8. The molecule has 0 unspecified atom stereocenters. The minimum atomic E-state index is -0.207. The van der Waals surface area contributed by atoms with E-state index in [-0.39, 0.29) is 17.7 Å². The summed E-state index contributed by atoms with van der Waals surface area (Å²) in [6, 6.07) is 11.5. The van der Waals surface area contributed by atoms with Gasteiger partial charge in [-0.2, -0.15) is 0 Å². The van der Waals surface area contributed by atoms with Gasteiger partial charge in [-0.3, -0.25) is 9.59 Å². The van der Waals surface area contributed by atoms with Gasteiger partial charge in [-0.15, -0.1) is 0 Å². The smallest absolute Gasteiger partial charge is 0.267 e. The Morgan fingerprint density at radius 2 is 1.95 bits per heavy atom. The Hall–Kier alpha value is -2.56. The molecule has 0 saturated heterocycles. The molecule has 2 rings (SSSR count). The molecule has 116 valence electrons. The second-order valence-electron chi connectivity index (χ2n) is 5.45. The van der Waals surface area contributed by atoms with Gasteiger partial charge in [-0.05, 0) is 32.0 Å². The minimum absolute atomic E-state index is 0.0261. The molecule has 2 aromatic rings. The number of para-hydroxylation sites is 1. The molecule has 1 aromatic heterocycles. The van der Waals surface area contributed by atoms with Crippen molar-refractivity contribution >= 4 is 17.4 Å². The van der Waals surface area contributed by atoms with Crippen LogP contribution in [0.5, 0.6) is 0 Å². The number of aromatic nitrogens is 1. The molecule has 1 amide bonds. The number of hydrogen-bond acceptors (Lipinski definition) is 3. The van der Waals surface area contributed by atoms with Crippen molar-refractivity contribution in [2.45, 2.75) is 19.9 Å². The standard InChI is InChI=1S/C17H21N3O2/c1-12(11-20(3)15-7-5-4-6-8-15)19-17(22)16-9-14(10-18-16)13(2)21/h4-10,12,18H,11H2,1-3H3,(H,19,22)/t12-/m0/s1. The van der Waals surface area contributed by atoms with E-state index in [1.165, 1.54) is 6.92 Å². The molecule has 1 heterocycles. The molecule has 0 radical (unpaired) electrons.